The van der Waals surface area contributed by atoms with E-state index >= 15 is 0 Å². The van der Waals surface area contributed by atoms with Crippen molar-refractivity contribution in [3.05, 3.63) is 12.2 Å². The number of piperidine rings is 1. The lowest BCUT2D eigenvalue weighted by molar-refractivity contribution is 0.0803. The minimum atomic E-state index is -0.191. The Morgan fingerprint density at radius 2 is 2.27 bits per heavy atom. The first-order valence-corrected chi connectivity index (χ1v) is 4.18. The minimum absolute atomic E-state index is 0.191. The molecule has 0 saturated carbocycles. The Kier molecular flexibility index (Phi) is 2.68. The van der Waals surface area contributed by atoms with E-state index in [1.54, 1.807) is 0 Å². The number of rotatable bonds is 1. The molecule has 2 heteroatoms. The Hall–Kier alpha value is -0.340. The predicted octanol–water partition coefficient (Wildman–Crippen LogP) is 0.921. The van der Waals surface area contributed by atoms with Gasteiger partial charge < -0.3 is 10.4 Å². The first-order chi connectivity index (χ1) is 5.11. The second kappa shape index (κ2) is 3.37. The summed E-state index contributed by atoms with van der Waals surface area (Å²) >= 11 is 0. The SMILES string of the molecule is C=C(C)[C@H]1CN[C@@H](C)C[C@H]1O. The molecule has 1 fully saturated rings. The summed E-state index contributed by atoms with van der Waals surface area (Å²) in [6.45, 7) is 8.80. The van der Waals surface area contributed by atoms with E-state index in [1.165, 1.54) is 0 Å². The van der Waals surface area contributed by atoms with Gasteiger partial charge in [-0.1, -0.05) is 12.2 Å². The first-order valence-electron chi connectivity index (χ1n) is 4.18. The van der Waals surface area contributed by atoms with Gasteiger partial charge in [0.25, 0.3) is 0 Å². The second-order valence-electron chi connectivity index (χ2n) is 3.57. The standard InChI is InChI=1S/C9H17NO/c1-6(2)8-5-10-7(3)4-9(8)11/h7-11H,1,4-5H2,2-3H3/t7-,8+,9+/m0/s1. The van der Waals surface area contributed by atoms with Crippen molar-refractivity contribution in [3.63, 3.8) is 0 Å². The average Bonchev–Trinajstić information content (AvgIpc) is 1.85. The average molecular weight is 155 g/mol. The Morgan fingerprint density at radius 1 is 1.64 bits per heavy atom. The number of hydrogen-bond acceptors (Lipinski definition) is 2. The molecule has 1 saturated heterocycles. The fourth-order valence-corrected chi connectivity index (χ4v) is 1.58. The van der Waals surface area contributed by atoms with Crippen molar-refractivity contribution in [2.75, 3.05) is 6.54 Å². The zero-order valence-electron chi connectivity index (χ0n) is 7.30. The Bertz CT molecular complexity index is 156. The van der Waals surface area contributed by atoms with Crippen LogP contribution in [0.3, 0.4) is 0 Å². The van der Waals surface area contributed by atoms with Crippen LogP contribution >= 0.6 is 0 Å². The van der Waals surface area contributed by atoms with Crippen molar-refractivity contribution in [1.29, 1.82) is 0 Å². The predicted molar refractivity (Wildman–Crippen MR) is 46.4 cm³/mol. The van der Waals surface area contributed by atoms with E-state index in [4.69, 9.17) is 0 Å². The van der Waals surface area contributed by atoms with Gasteiger partial charge in [0, 0.05) is 18.5 Å². The van der Waals surface area contributed by atoms with E-state index in [2.05, 4.69) is 18.8 Å². The van der Waals surface area contributed by atoms with Gasteiger partial charge in [-0.3, -0.25) is 0 Å². The van der Waals surface area contributed by atoms with Gasteiger partial charge in [-0.25, -0.2) is 0 Å². The molecular weight excluding hydrogens is 138 g/mol. The molecule has 0 amide bonds. The third-order valence-electron chi connectivity index (χ3n) is 2.38. The lowest BCUT2D eigenvalue weighted by Crippen LogP contribution is -2.45. The summed E-state index contributed by atoms with van der Waals surface area (Å²) in [6, 6.07) is 0.445. The van der Waals surface area contributed by atoms with Crippen molar-refractivity contribution in [3.8, 4) is 0 Å². The third-order valence-corrected chi connectivity index (χ3v) is 2.38. The molecule has 1 heterocycles. The molecule has 0 spiro atoms. The Morgan fingerprint density at radius 3 is 2.73 bits per heavy atom. The molecule has 0 bridgehead atoms. The monoisotopic (exact) mass is 155 g/mol. The van der Waals surface area contributed by atoms with E-state index in [1.807, 2.05) is 6.92 Å². The number of hydrogen-bond donors (Lipinski definition) is 2. The molecule has 0 aromatic heterocycles. The molecule has 1 aliphatic heterocycles. The topological polar surface area (TPSA) is 32.3 Å². The maximum Gasteiger partial charge on any atom is 0.0632 e. The highest BCUT2D eigenvalue weighted by atomic mass is 16.3. The van der Waals surface area contributed by atoms with Gasteiger partial charge in [0.2, 0.25) is 0 Å². The van der Waals surface area contributed by atoms with Crippen LogP contribution in [0, 0.1) is 5.92 Å². The highest BCUT2D eigenvalue weighted by Crippen LogP contribution is 2.20. The molecule has 2 N–H and O–H groups in total. The normalized spacial score (nSPS) is 38.6. The van der Waals surface area contributed by atoms with Crippen LogP contribution in [0.2, 0.25) is 0 Å². The summed E-state index contributed by atoms with van der Waals surface area (Å²) in [4.78, 5) is 0. The van der Waals surface area contributed by atoms with Crippen molar-refractivity contribution < 1.29 is 5.11 Å². The highest BCUT2D eigenvalue weighted by molar-refractivity contribution is 5.03. The summed E-state index contributed by atoms with van der Waals surface area (Å²) in [5.41, 5.74) is 1.08. The van der Waals surface area contributed by atoms with E-state index in [0.29, 0.717) is 6.04 Å². The molecule has 1 aliphatic rings. The van der Waals surface area contributed by atoms with Crippen LogP contribution < -0.4 is 5.32 Å². The molecule has 2 nitrogen and oxygen atoms in total. The summed E-state index contributed by atoms with van der Waals surface area (Å²) in [5, 5.41) is 12.9. The zero-order valence-corrected chi connectivity index (χ0v) is 7.30. The van der Waals surface area contributed by atoms with Gasteiger partial charge in [-0.05, 0) is 20.3 Å². The van der Waals surface area contributed by atoms with Crippen LogP contribution in [-0.4, -0.2) is 23.8 Å². The smallest absolute Gasteiger partial charge is 0.0632 e. The molecule has 3 atom stereocenters. The molecule has 0 aliphatic carbocycles. The number of aliphatic hydroxyl groups excluding tert-OH is 1. The highest BCUT2D eigenvalue weighted by Gasteiger charge is 2.26. The third kappa shape index (κ3) is 2.04. The van der Waals surface area contributed by atoms with Gasteiger partial charge in [-0.2, -0.15) is 0 Å². The van der Waals surface area contributed by atoms with Crippen molar-refractivity contribution in [2.24, 2.45) is 5.92 Å². The fraction of sp³-hybridized carbons (Fsp3) is 0.778. The van der Waals surface area contributed by atoms with Gasteiger partial charge in [0.1, 0.15) is 0 Å². The lowest BCUT2D eigenvalue weighted by Gasteiger charge is -2.32. The summed E-state index contributed by atoms with van der Waals surface area (Å²) in [7, 11) is 0. The second-order valence-corrected chi connectivity index (χ2v) is 3.57. The summed E-state index contributed by atoms with van der Waals surface area (Å²) in [6.07, 6.45) is 0.654. The van der Waals surface area contributed by atoms with Gasteiger partial charge >= 0.3 is 0 Å². The molecule has 0 radical (unpaired) electrons. The van der Waals surface area contributed by atoms with E-state index in [0.717, 1.165) is 18.5 Å². The van der Waals surface area contributed by atoms with Crippen molar-refractivity contribution in [1.82, 2.24) is 5.32 Å². The number of nitrogens with one attached hydrogen (secondary N) is 1. The minimum Gasteiger partial charge on any atom is -0.392 e. The van der Waals surface area contributed by atoms with E-state index in [9.17, 15) is 5.11 Å². The maximum absolute atomic E-state index is 9.61. The van der Waals surface area contributed by atoms with E-state index < -0.39 is 0 Å². The van der Waals surface area contributed by atoms with Gasteiger partial charge in [-0.15, -0.1) is 0 Å². The zero-order chi connectivity index (χ0) is 8.43. The Balaban J connectivity index is 2.50. The molecule has 0 aromatic rings. The Labute approximate surface area is 68.3 Å². The summed E-state index contributed by atoms with van der Waals surface area (Å²) in [5.74, 6) is 0.256. The van der Waals surface area contributed by atoms with Crippen LogP contribution in [0.25, 0.3) is 0 Å². The number of aliphatic hydroxyl groups is 1. The molecule has 64 valence electrons. The molecule has 0 unspecified atom stereocenters. The van der Waals surface area contributed by atoms with Crippen molar-refractivity contribution in [2.45, 2.75) is 32.4 Å². The fourth-order valence-electron chi connectivity index (χ4n) is 1.58. The molecule has 11 heavy (non-hydrogen) atoms. The summed E-state index contributed by atoms with van der Waals surface area (Å²) < 4.78 is 0. The largest absolute Gasteiger partial charge is 0.392 e. The van der Waals surface area contributed by atoms with Crippen LogP contribution in [0.15, 0.2) is 12.2 Å². The molecular formula is C9H17NO. The van der Waals surface area contributed by atoms with Crippen molar-refractivity contribution >= 4 is 0 Å². The van der Waals surface area contributed by atoms with Gasteiger partial charge in [0.15, 0.2) is 0 Å². The van der Waals surface area contributed by atoms with Crippen LogP contribution in [0.4, 0.5) is 0 Å². The molecule has 0 aromatic carbocycles. The molecule has 1 rings (SSSR count). The first kappa shape index (κ1) is 8.75. The van der Waals surface area contributed by atoms with Crippen LogP contribution in [0.5, 0.6) is 0 Å². The quantitative estimate of drug-likeness (QED) is 0.552. The van der Waals surface area contributed by atoms with Crippen LogP contribution in [-0.2, 0) is 0 Å². The lowest BCUT2D eigenvalue weighted by atomic mass is 9.88. The van der Waals surface area contributed by atoms with E-state index in [-0.39, 0.29) is 12.0 Å². The maximum atomic E-state index is 9.61. The van der Waals surface area contributed by atoms with Crippen LogP contribution in [0.1, 0.15) is 20.3 Å². The van der Waals surface area contributed by atoms with Gasteiger partial charge in [0.05, 0.1) is 6.10 Å².